The molecule has 0 aliphatic heterocycles. The number of nitrogens with two attached hydrogens (primary N) is 1. The van der Waals surface area contributed by atoms with E-state index in [0.29, 0.717) is 0 Å². The monoisotopic (exact) mass is 257 g/mol. The van der Waals surface area contributed by atoms with E-state index in [0.717, 1.165) is 51.6 Å². The molecule has 0 aliphatic rings. The first-order valence-electron chi connectivity index (χ1n) is 6.92. The van der Waals surface area contributed by atoms with Crippen LogP contribution in [0, 0.1) is 0 Å². The molecule has 0 saturated carbocycles. The summed E-state index contributed by atoms with van der Waals surface area (Å²) in [4.78, 5) is 24.3. The van der Waals surface area contributed by atoms with Crippen molar-refractivity contribution in [2.45, 2.75) is 52.4 Å². The summed E-state index contributed by atoms with van der Waals surface area (Å²) in [5.74, 6) is -0.509. The Morgan fingerprint density at radius 2 is 1.50 bits per heavy atom. The van der Waals surface area contributed by atoms with Crippen molar-refractivity contribution < 1.29 is 9.59 Å². The molecule has 0 saturated heterocycles. The molecular weight excluding hydrogens is 230 g/mol. The Kier molecular flexibility index (Phi) is 10.1. The Hall–Kier alpha value is -1.26. The van der Waals surface area contributed by atoms with Gasteiger partial charge in [-0.1, -0.05) is 39.5 Å². The van der Waals surface area contributed by atoms with E-state index in [2.05, 4.69) is 19.2 Å². The quantitative estimate of drug-likeness (QED) is 0.586. The number of urea groups is 1. The molecule has 3 N–H and O–H groups in total. The zero-order chi connectivity index (χ0) is 13.8. The minimum Gasteiger partial charge on any atom is -0.368 e. The number of carbonyl (C=O) groups is 2. The topological polar surface area (TPSA) is 75.4 Å². The van der Waals surface area contributed by atoms with Gasteiger partial charge in [-0.3, -0.25) is 4.79 Å². The molecule has 5 nitrogen and oxygen atoms in total. The number of hydrogen-bond donors (Lipinski definition) is 2. The minimum absolute atomic E-state index is 0.0864. The Labute approximate surface area is 110 Å². The number of primary amides is 1. The first-order valence-corrected chi connectivity index (χ1v) is 6.92. The Bertz CT molecular complexity index is 234. The van der Waals surface area contributed by atoms with Gasteiger partial charge < -0.3 is 16.0 Å². The van der Waals surface area contributed by atoms with Gasteiger partial charge >= 0.3 is 6.03 Å². The van der Waals surface area contributed by atoms with E-state index < -0.39 is 5.91 Å². The first-order chi connectivity index (χ1) is 8.61. The molecule has 0 radical (unpaired) electrons. The molecule has 0 fully saturated rings. The van der Waals surface area contributed by atoms with Gasteiger partial charge in [0.1, 0.15) is 0 Å². The molecule has 0 unspecified atom stereocenters. The maximum atomic E-state index is 11.8. The fourth-order valence-electron chi connectivity index (χ4n) is 1.69. The summed E-state index contributed by atoms with van der Waals surface area (Å²) in [6.45, 7) is 5.68. The van der Waals surface area contributed by atoms with Crippen LogP contribution in [-0.4, -0.2) is 36.5 Å². The molecule has 0 atom stereocenters. The molecule has 106 valence electrons. The first kappa shape index (κ1) is 16.7. The van der Waals surface area contributed by atoms with E-state index in [4.69, 9.17) is 5.73 Å². The SMILES string of the molecule is CCCCCN(CCCCC)C(=O)NCC(N)=O. The molecule has 0 aromatic rings. The highest BCUT2D eigenvalue weighted by atomic mass is 16.2. The number of carbonyl (C=O) groups excluding carboxylic acids is 2. The van der Waals surface area contributed by atoms with Crippen LogP contribution in [0.4, 0.5) is 4.79 Å². The van der Waals surface area contributed by atoms with E-state index in [1.54, 1.807) is 4.90 Å². The highest BCUT2D eigenvalue weighted by molar-refractivity contribution is 5.82. The number of amides is 3. The summed E-state index contributed by atoms with van der Waals surface area (Å²) in [5, 5.41) is 2.55. The molecule has 0 rings (SSSR count). The molecule has 0 aromatic heterocycles. The van der Waals surface area contributed by atoms with Gasteiger partial charge in [-0.2, -0.15) is 0 Å². The second-order valence-electron chi connectivity index (χ2n) is 4.53. The van der Waals surface area contributed by atoms with E-state index in [9.17, 15) is 9.59 Å². The molecule has 5 heteroatoms. The van der Waals surface area contributed by atoms with Crippen LogP contribution >= 0.6 is 0 Å². The van der Waals surface area contributed by atoms with Gasteiger partial charge in [0, 0.05) is 13.1 Å². The summed E-state index contributed by atoms with van der Waals surface area (Å²) >= 11 is 0. The van der Waals surface area contributed by atoms with E-state index >= 15 is 0 Å². The van der Waals surface area contributed by atoms with Crippen LogP contribution in [0.15, 0.2) is 0 Å². The summed E-state index contributed by atoms with van der Waals surface area (Å²) < 4.78 is 0. The molecule has 0 bridgehead atoms. The number of nitrogens with one attached hydrogen (secondary N) is 1. The molecule has 3 amide bonds. The largest absolute Gasteiger partial charge is 0.368 e. The van der Waals surface area contributed by atoms with Gasteiger partial charge in [-0.15, -0.1) is 0 Å². The van der Waals surface area contributed by atoms with Gasteiger partial charge in [0.15, 0.2) is 0 Å². The maximum absolute atomic E-state index is 11.8. The normalized spacial score (nSPS) is 10.1. The van der Waals surface area contributed by atoms with Crippen LogP contribution in [0.3, 0.4) is 0 Å². The van der Waals surface area contributed by atoms with Crippen molar-refractivity contribution in [1.29, 1.82) is 0 Å². The van der Waals surface area contributed by atoms with E-state index in [1.807, 2.05) is 0 Å². The van der Waals surface area contributed by atoms with Gasteiger partial charge in [0.05, 0.1) is 6.54 Å². The van der Waals surface area contributed by atoms with Crippen molar-refractivity contribution in [2.75, 3.05) is 19.6 Å². The van der Waals surface area contributed by atoms with Crippen molar-refractivity contribution in [3.05, 3.63) is 0 Å². The Morgan fingerprint density at radius 1 is 1.00 bits per heavy atom. The molecule has 0 spiro atoms. The van der Waals surface area contributed by atoms with Crippen molar-refractivity contribution >= 4 is 11.9 Å². The minimum atomic E-state index is -0.509. The van der Waals surface area contributed by atoms with Gasteiger partial charge in [-0.05, 0) is 12.8 Å². The van der Waals surface area contributed by atoms with Gasteiger partial charge in [0.25, 0.3) is 0 Å². The van der Waals surface area contributed by atoms with Crippen LogP contribution in [0.1, 0.15) is 52.4 Å². The average molecular weight is 257 g/mol. The molecular formula is C13H27N3O2. The lowest BCUT2D eigenvalue weighted by molar-refractivity contribution is -0.117. The fraction of sp³-hybridized carbons (Fsp3) is 0.846. The van der Waals surface area contributed by atoms with Gasteiger partial charge in [0.2, 0.25) is 5.91 Å². The number of nitrogens with zero attached hydrogens (tertiary/aromatic N) is 1. The van der Waals surface area contributed by atoms with Crippen LogP contribution in [0.2, 0.25) is 0 Å². The zero-order valence-electron chi connectivity index (χ0n) is 11.7. The van der Waals surface area contributed by atoms with Crippen molar-refractivity contribution in [3.8, 4) is 0 Å². The second-order valence-corrected chi connectivity index (χ2v) is 4.53. The van der Waals surface area contributed by atoms with Crippen LogP contribution in [0.5, 0.6) is 0 Å². The smallest absolute Gasteiger partial charge is 0.317 e. The lowest BCUT2D eigenvalue weighted by Gasteiger charge is -2.22. The van der Waals surface area contributed by atoms with Crippen molar-refractivity contribution in [2.24, 2.45) is 5.73 Å². The number of hydrogen-bond acceptors (Lipinski definition) is 2. The fourth-order valence-corrected chi connectivity index (χ4v) is 1.69. The lowest BCUT2D eigenvalue weighted by Crippen LogP contribution is -2.44. The number of rotatable bonds is 10. The van der Waals surface area contributed by atoms with Crippen molar-refractivity contribution in [1.82, 2.24) is 10.2 Å². The molecule has 0 heterocycles. The van der Waals surface area contributed by atoms with Gasteiger partial charge in [-0.25, -0.2) is 4.79 Å². The second kappa shape index (κ2) is 10.9. The third kappa shape index (κ3) is 8.84. The Balaban J connectivity index is 4.07. The van der Waals surface area contributed by atoms with Crippen LogP contribution in [0.25, 0.3) is 0 Å². The summed E-state index contributed by atoms with van der Waals surface area (Å²) in [5.41, 5.74) is 5.01. The highest BCUT2D eigenvalue weighted by Gasteiger charge is 2.12. The van der Waals surface area contributed by atoms with E-state index in [-0.39, 0.29) is 12.6 Å². The summed E-state index contributed by atoms with van der Waals surface area (Å²) in [6.07, 6.45) is 6.51. The average Bonchev–Trinajstić information content (AvgIpc) is 2.34. The molecule has 18 heavy (non-hydrogen) atoms. The number of unbranched alkanes of at least 4 members (excludes halogenated alkanes) is 4. The predicted octanol–water partition coefficient (Wildman–Crippen LogP) is 1.86. The highest BCUT2D eigenvalue weighted by Crippen LogP contribution is 2.03. The molecule has 0 aliphatic carbocycles. The van der Waals surface area contributed by atoms with Crippen molar-refractivity contribution in [3.63, 3.8) is 0 Å². The third-order valence-corrected chi connectivity index (χ3v) is 2.76. The lowest BCUT2D eigenvalue weighted by atomic mass is 10.2. The maximum Gasteiger partial charge on any atom is 0.317 e. The summed E-state index contributed by atoms with van der Waals surface area (Å²) in [6, 6.07) is -0.180. The Morgan fingerprint density at radius 3 is 1.89 bits per heavy atom. The van der Waals surface area contributed by atoms with Crippen LogP contribution < -0.4 is 11.1 Å². The predicted molar refractivity (Wildman–Crippen MR) is 73.2 cm³/mol. The summed E-state index contributed by atoms with van der Waals surface area (Å²) in [7, 11) is 0. The molecule has 0 aromatic carbocycles. The zero-order valence-corrected chi connectivity index (χ0v) is 11.7. The standard InChI is InChI=1S/C13H27N3O2/c1-3-5-7-9-16(10-8-6-4-2)13(18)15-11-12(14)17/h3-11H2,1-2H3,(H2,14,17)(H,15,18). The van der Waals surface area contributed by atoms with E-state index in [1.165, 1.54) is 0 Å². The van der Waals surface area contributed by atoms with Crippen LogP contribution in [-0.2, 0) is 4.79 Å². The third-order valence-electron chi connectivity index (χ3n) is 2.76.